The normalized spacial score (nSPS) is 11.4. The molecule has 0 spiro atoms. The molecule has 0 atom stereocenters. The molecule has 0 bridgehead atoms. The first-order chi connectivity index (χ1) is 8.95. The van der Waals surface area contributed by atoms with Gasteiger partial charge in [-0.2, -0.15) is 0 Å². The van der Waals surface area contributed by atoms with E-state index in [2.05, 4.69) is 0 Å². The lowest BCUT2D eigenvalue weighted by molar-refractivity contribution is 0.306. The third kappa shape index (κ3) is 3.93. The van der Waals surface area contributed by atoms with Crippen molar-refractivity contribution in [1.82, 2.24) is 0 Å². The van der Waals surface area contributed by atoms with E-state index in [9.17, 15) is 12.9 Å². The van der Waals surface area contributed by atoms with E-state index in [1.807, 2.05) is 0 Å². The number of hydrogen-bond acceptors (Lipinski definition) is 1. The molecule has 6 heteroatoms. The van der Waals surface area contributed by atoms with Gasteiger partial charge < -0.3 is 17.7 Å². The second-order valence-electron chi connectivity index (χ2n) is 4.07. The van der Waals surface area contributed by atoms with Crippen molar-refractivity contribution in [3.05, 3.63) is 59.1 Å². The van der Waals surface area contributed by atoms with Gasteiger partial charge in [0.15, 0.2) is 0 Å². The maximum atomic E-state index is 12.6. The van der Waals surface area contributed by atoms with Crippen LogP contribution >= 0.6 is 11.6 Å². The lowest BCUT2D eigenvalue weighted by Gasteiger charge is -2.16. The van der Waals surface area contributed by atoms with E-state index in [1.54, 1.807) is 24.3 Å². The summed E-state index contributed by atoms with van der Waals surface area (Å²) in [4.78, 5) is 0. The molecular formula is C13H10BClF3O-. The summed E-state index contributed by atoms with van der Waals surface area (Å²) in [5.41, 5.74) is 0.138. The van der Waals surface area contributed by atoms with Gasteiger partial charge in [0.25, 0.3) is 0 Å². The quantitative estimate of drug-likeness (QED) is 0.772. The van der Waals surface area contributed by atoms with Crippen molar-refractivity contribution in [2.24, 2.45) is 0 Å². The zero-order valence-electron chi connectivity index (χ0n) is 9.82. The van der Waals surface area contributed by atoms with Gasteiger partial charge in [0.2, 0.25) is 0 Å². The van der Waals surface area contributed by atoms with Crippen molar-refractivity contribution in [3.8, 4) is 5.75 Å². The standard InChI is InChI=1S/C13H10BClF3O/c15-12-5-1-3-10(7-12)9-19-13-6-2-4-11(8-13)14(16,17)18/h1-8H,9H2/q-1. The molecule has 0 saturated heterocycles. The second-order valence-corrected chi connectivity index (χ2v) is 4.50. The first-order valence-corrected chi connectivity index (χ1v) is 6.00. The number of rotatable bonds is 4. The minimum atomic E-state index is -5.00. The smallest absolute Gasteiger partial charge is 0.489 e. The number of benzene rings is 2. The van der Waals surface area contributed by atoms with Gasteiger partial charge in [0, 0.05) is 5.02 Å². The first-order valence-electron chi connectivity index (χ1n) is 5.62. The fraction of sp³-hybridized carbons (Fsp3) is 0.0769. The Morgan fingerprint density at radius 1 is 1.00 bits per heavy atom. The summed E-state index contributed by atoms with van der Waals surface area (Å²) in [7, 11) is 0. The first kappa shape index (κ1) is 13.8. The highest BCUT2D eigenvalue weighted by atomic mass is 35.5. The number of hydrogen-bond donors (Lipinski definition) is 0. The summed E-state index contributed by atoms with van der Waals surface area (Å²) >= 11 is 5.81. The highest BCUT2D eigenvalue weighted by Crippen LogP contribution is 2.17. The van der Waals surface area contributed by atoms with Gasteiger partial charge >= 0.3 is 6.98 Å². The van der Waals surface area contributed by atoms with Crippen LogP contribution in [-0.2, 0) is 6.61 Å². The zero-order chi connectivity index (χ0) is 13.9. The monoisotopic (exact) mass is 285 g/mol. The molecule has 0 unspecified atom stereocenters. The Bertz CT molecular complexity index is 572. The Morgan fingerprint density at radius 2 is 1.74 bits per heavy atom. The summed E-state index contributed by atoms with van der Waals surface area (Å²) in [5.74, 6) is 0.191. The fourth-order valence-electron chi connectivity index (χ4n) is 1.60. The molecule has 0 aliphatic heterocycles. The Kier molecular flexibility index (Phi) is 4.05. The molecular weight excluding hydrogens is 275 g/mol. The summed E-state index contributed by atoms with van der Waals surface area (Å²) in [6.45, 7) is -4.83. The Balaban J connectivity index is 2.08. The number of ether oxygens (including phenoxy) is 1. The molecule has 19 heavy (non-hydrogen) atoms. The lowest BCUT2D eigenvalue weighted by atomic mass is 9.80. The molecule has 0 radical (unpaired) electrons. The molecule has 0 aromatic heterocycles. The summed E-state index contributed by atoms with van der Waals surface area (Å²) < 4.78 is 43.1. The highest BCUT2D eigenvalue weighted by Gasteiger charge is 2.25. The van der Waals surface area contributed by atoms with E-state index in [-0.39, 0.29) is 12.4 Å². The van der Waals surface area contributed by atoms with Gasteiger partial charge in [0.1, 0.15) is 12.4 Å². The van der Waals surface area contributed by atoms with Crippen LogP contribution in [0.3, 0.4) is 0 Å². The Hall–Kier alpha value is -1.62. The lowest BCUT2D eigenvalue weighted by Crippen LogP contribution is -2.33. The minimum absolute atomic E-state index is 0.175. The van der Waals surface area contributed by atoms with Crippen molar-refractivity contribution in [2.45, 2.75) is 6.61 Å². The molecule has 0 aliphatic rings. The molecule has 0 N–H and O–H groups in total. The van der Waals surface area contributed by atoms with Crippen LogP contribution < -0.4 is 10.2 Å². The van der Waals surface area contributed by atoms with Gasteiger partial charge in [-0.15, -0.1) is 5.46 Å². The van der Waals surface area contributed by atoms with Crippen molar-refractivity contribution in [1.29, 1.82) is 0 Å². The Morgan fingerprint density at radius 3 is 2.42 bits per heavy atom. The van der Waals surface area contributed by atoms with Gasteiger partial charge in [-0.05, 0) is 29.8 Å². The molecule has 100 valence electrons. The molecule has 0 aliphatic carbocycles. The van der Waals surface area contributed by atoms with E-state index >= 15 is 0 Å². The van der Waals surface area contributed by atoms with Crippen LogP contribution in [0, 0.1) is 0 Å². The van der Waals surface area contributed by atoms with Gasteiger partial charge in [-0.1, -0.05) is 35.9 Å². The van der Waals surface area contributed by atoms with Crippen molar-refractivity contribution >= 4 is 24.0 Å². The second kappa shape index (κ2) is 5.57. The zero-order valence-corrected chi connectivity index (χ0v) is 10.6. The average molecular weight is 285 g/mol. The molecule has 0 fully saturated rings. The van der Waals surface area contributed by atoms with E-state index in [0.29, 0.717) is 5.02 Å². The van der Waals surface area contributed by atoms with Crippen LogP contribution in [0.2, 0.25) is 5.02 Å². The molecule has 0 heterocycles. The van der Waals surface area contributed by atoms with Gasteiger partial charge in [-0.25, -0.2) is 0 Å². The average Bonchev–Trinajstić information content (AvgIpc) is 2.36. The maximum Gasteiger partial charge on any atom is 0.509 e. The molecule has 0 saturated carbocycles. The maximum absolute atomic E-state index is 12.6. The summed E-state index contributed by atoms with van der Waals surface area (Å²) in [6, 6.07) is 11.8. The predicted molar refractivity (Wildman–Crippen MR) is 70.9 cm³/mol. The minimum Gasteiger partial charge on any atom is -0.489 e. The van der Waals surface area contributed by atoms with Gasteiger partial charge in [-0.3, -0.25) is 0 Å². The molecule has 1 nitrogen and oxygen atoms in total. The van der Waals surface area contributed by atoms with Crippen LogP contribution in [0.4, 0.5) is 12.9 Å². The van der Waals surface area contributed by atoms with E-state index in [1.165, 1.54) is 12.1 Å². The number of halogens is 4. The van der Waals surface area contributed by atoms with Crippen LogP contribution in [0.15, 0.2) is 48.5 Å². The third-order valence-electron chi connectivity index (χ3n) is 2.53. The van der Waals surface area contributed by atoms with E-state index in [0.717, 1.165) is 17.7 Å². The molecule has 2 aromatic carbocycles. The highest BCUT2D eigenvalue weighted by molar-refractivity contribution is 6.73. The van der Waals surface area contributed by atoms with E-state index < -0.39 is 12.4 Å². The van der Waals surface area contributed by atoms with Crippen molar-refractivity contribution < 1.29 is 17.7 Å². The van der Waals surface area contributed by atoms with E-state index in [4.69, 9.17) is 16.3 Å². The largest absolute Gasteiger partial charge is 0.509 e. The molecule has 2 rings (SSSR count). The molecule has 2 aromatic rings. The molecule has 0 amide bonds. The Labute approximate surface area is 114 Å². The van der Waals surface area contributed by atoms with Crippen molar-refractivity contribution in [3.63, 3.8) is 0 Å². The fourth-order valence-corrected chi connectivity index (χ4v) is 1.81. The van der Waals surface area contributed by atoms with Crippen LogP contribution in [0.25, 0.3) is 0 Å². The predicted octanol–water partition coefficient (Wildman–Crippen LogP) is 3.97. The third-order valence-corrected chi connectivity index (χ3v) is 2.77. The van der Waals surface area contributed by atoms with Crippen LogP contribution in [0.5, 0.6) is 5.75 Å². The van der Waals surface area contributed by atoms with Crippen LogP contribution in [-0.4, -0.2) is 6.98 Å². The summed E-state index contributed by atoms with van der Waals surface area (Å²) in [6.07, 6.45) is 0. The summed E-state index contributed by atoms with van der Waals surface area (Å²) in [5, 5.41) is 0.563. The van der Waals surface area contributed by atoms with Crippen molar-refractivity contribution in [2.75, 3.05) is 0 Å². The SMILES string of the molecule is F[B-](F)(F)c1cccc(OCc2cccc(Cl)c2)c1. The van der Waals surface area contributed by atoms with Crippen LogP contribution in [0.1, 0.15) is 5.56 Å². The van der Waals surface area contributed by atoms with Gasteiger partial charge in [0.05, 0.1) is 0 Å². The topological polar surface area (TPSA) is 9.23 Å².